The molecule has 1 amide bonds. The number of hydrogen-bond donors (Lipinski definition) is 2. The Hall–Kier alpha value is -0.480. The number of anilines is 1. The van der Waals surface area contributed by atoms with Gasteiger partial charge in [-0.3, -0.25) is 4.79 Å². The van der Waals surface area contributed by atoms with Gasteiger partial charge in [0.1, 0.15) is 0 Å². The fraction of sp³-hybridized carbons (Fsp3) is 0.417. The van der Waals surface area contributed by atoms with E-state index in [1.165, 1.54) is 0 Å². The molecule has 0 saturated heterocycles. The topological polar surface area (TPSA) is 55.1 Å². The van der Waals surface area contributed by atoms with Gasteiger partial charge in [-0.05, 0) is 31.0 Å². The molecule has 3 nitrogen and oxygen atoms in total. The Balaban J connectivity index is 0.00000162. The lowest BCUT2D eigenvalue weighted by molar-refractivity contribution is -0.120. The molecule has 2 unspecified atom stereocenters. The summed E-state index contributed by atoms with van der Waals surface area (Å²) < 4.78 is 0. The van der Waals surface area contributed by atoms with Crippen LogP contribution < -0.4 is 11.1 Å². The number of hydrogen-bond acceptors (Lipinski definition) is 2. The molecular weight excluding hydrogens is 295 g/mol. The zero-order valence-electron chi connectivity index (χ0n) is 9.66. The fourth-order valence-electron chi connectivity index (χ4n) is 2.12. The van der Waals surface area contributed by atoms with Gasteiger partial charge in [0.2, 0.25) is 5.91 Å². The Kier molecular flexibility index (Phi) is 5.73. The Morgan fingerprint density at radius 3 is 2.56 bits per heavy atom. The maximum absolute atomic E-state index is 12.0. The Morgan fingerprint density at radius 1 is 1.28 bits per heavy atom. The smallest absolute Gasteiger partial charge is 0.229 e. The third-order valence-electron chi connectivity index (χ3n) is 3.09. The molecular formula is C12H15Cl3N2O. The van der Waals surface area contributed by atoms with Crippen molar-refractivity contribution in [3.05, 3.63) is 28.2 Å². The van der Waals surface area contributed by atoms with E-state index in [1.54, 1.807) is 18.2 Å². The average Bonchev–Trinajstić information content (AvgIpc) is 2.70. The Bertz CT molecular complexity index is 439. The van der Waals surface area contributed by atoms with Gasteiger partial charge in [0, 0.05) is 11.7 Å². The molecule has 1 aromatic carbocycles. The molecule has 2 atom stereocenters. The summed E-state index contributed by atoms with van der Waals surface area (Å²) in [5.41, 5.74) is 6.54. The second-order valence-corrected chi connectivity index (χ2v) is 5.13. The van der Waals surface area contributed by atoms with Gasteiger partial charge in [-0.2, -0.15) is 0 Å². The van der Waals surface area contributed by atoms with Gasteiger partial charge < -0.3 is 11.1 Å². The van der Waals surface area contributed by atoms with Crippen LogP contribution in [0.5, 0.6) is 0 Å². The van der Waals surface area contributed by atoms with Crippen LogP contribution >= 0.6 is 35.6 Å². The van der Waals surface area contributed by atoms with Crippen molar-refractivity contribution in [2.75, 3.05) is 5.32 Å². The van der Waals surface area contributed by atoms with E-state index in [4.69, 9.17) is 28.9 Å². The average molecular weight is 310 g/mol. The highest BCUT2D eigenvalue weighted by molar-refractivity contribution is 6.42. The molecule has 1 aliphatic rings. The largest absolute Gasteiger partial charge is 0.327 e. The molecule has 100 valence electrons. The second-order valence-electron chi connectivity index (χ2n) is 4.32. The van der Waals surface area contributed by atoms with Gasteiger partial charge in [-0.25, -0.2) is 0 Å². The van der Waals surface area contributed by atoms with Gasteiger partial charge >= 0.3 is 0 Å². The molecule has 0 spiro atoms. The van der Waals surface area contributed by atoms with Crippen LogP contribution in [0.1, 0.15) is 19.3 Å². The highest BCUT2D eigenvalue weighted by Crippen LogP contribution is 2.28. The van der Waals surface area contributed by atoms with Gasteiger partial charge in [-0.15, -0.1) is 12.4 Å². The van der Waals surface area contributed by atoms with Crippen molar-refractivity contribution in [2.24, 2.45) is 11.7 Å². The van der Waals surface area contributed by atoms with E-state index < -0.39 is 0 Å². The normalized spacial score (nSPS) is 22.4. The molecule has 2 rings (SSSR count). The lowest BCUT2D eigenvalue weighted by Gasteiger charge is -2.15. The van der Waals surface area contributed by atoms with Gasteiger partial charge in [0.25, 0.3) is 0 Å². The van der Waals surface area contributed by atoms with Gasteiger partial charge in [-0.1, -0.05) is 29.6 Å². The molecule has 0 aromatic heterocycles. The number of nitrogens with two attached hydrogens (primary N) is 1. The van der Waals surface area contributed by atoms with Crippen LogP contribution in [0.3, 0.4) is 0 Å². The van der Waals surface area contributed by atoms with E-state index in [-0.39, 0.29) is 30.3 Å². The quantitative estimate of drug-likeness (QED) is 0.878. The summed E-state index contributed by atoms with van der Waals surface area (Å²) in [4.78, 5) is 12.0. The minimum Gasteiger partial charge on any atom is -0.327 e. The first-order valence-corrected chi connectivity index (χ1v) is 6.35. The predicted octanol–water partition coefficient (Wildman–Crippen LogP) is 3.48. The molecule has 1 aromatic rings. The minimum atomic E-state index is -0.0931. The Morgan fingerprint density at radius 2 is 2.00 bits per heavy atom. The van der Waals surface area contributed by atoms with Crippen molar-refractivity contribution in [3.63, 3.8) is 0 Å². The third kappa shape index (κ3) is 3.51. The zero-order valence-corrected chi connectivity index (χ0v) is 12.0. The fourth-order valence-corrected chi connectivity index (χ4v) is 2.42. The summed E-state index contributed by atoms with van der Waals surface area (Å²) in [5.74, 6) is -0.127. The standard InChI is InChI=1S/C12H14Cl2N2O.ClH/c13-9-5-4-7(6-10(9)14)16-12(17)8-2-1-3-11(8)15;/h4-6,8,11H,1-3,15H2,(H,16,17);1H. The second kappa shape index (κ2) is 6.62. The van der Waals surface area contributed by atoms with Crippen molar-refractivity contribution in [2.45, 2.75) is 25.3 Å². The van der Waals surface area contributed by atoms with Crippen molar-refractivity contribution in [1.29, 1.82) is 0 Å². The van der Waals surface area contributed by atoms with E-state index in [2.05, 4.69) is 5.32 Å². The van der Waals surface area contributed by atoms with Crippen molar-refractivity contribution in [1.82, 2.24) is 0 Å². The number of benzene rings is 1. The van der Waals surface area contributed by atoms with Crippen LogP contribution in [0.15, 0.2) is 18.2 Å². The first kappa shape index (κ1) is 15.6. The summed E-state index contributed by atoms with van der Waals surface area (Å²) in [6, 6.07) is 5.00. The van der Waals surface area contributed by atoms with Crippen molar-refractivity contribution in [3.8, 4) is 0 Å². The van der Waals surface area contributed by atoms with E-state index in [9.17, 15) is 4.79 Å². The van der Waals surface area contributed by atoms with Crippen LogP contribution in [0.2, 0.25) is 10.0 Å². The number of carbonyl (C=O) groups excluding carboxylic acids is 1. The van der Waals surface area contributed by atoms with E-state index in [1.807, 2.05) is 0 Å². The molecule has 1 fully saturated rings. The zero-order chi connectivity index (χ0) is 12.4. The lowest BCUT2D eigenvalue weighted by atomic mass is 10.0. The molecule has 6 heteroatoms. The highest BCUT2D eigenvalue weighted by atomic mass is 35.5. The molecule has 0 aliphatic heterocycles. The van der Waals surface area contributed by atoms with Crippen LogP contribution in [0.25, 0.3) is 0 Å². The molecule has 1 aliphatic carbocycles. The summed E-state index contributed by atoms with van der Waals surface area (Å²) in [5, 5.41) is 3.73. The van der Waals surface area contributed by atoms with Gasteiger partial charge in [0.15, 0.2) is 0 Å². The summed E-state index contributed by atoms with van der Waals surface area (Å²) >= 11 is 11.7. The molecule has 0 radical (unpaired) electrons. The monoisotopic (exact) mass is 308 g/mol. The van der Waals surface area contributed by atoms with Crippen molar-refractivity contribution < 1.29 is 4.79 Å². The third-order valence-corrected chi connectivity index (χ3v) is 3.83. The van der Waals surface area contributed by atoms with Gasteiger partial charge in [0.05, 0.1) is 16.0 Å². The molecule has 0 heterocycles. The van der Waals surface area contributed by atoms with Crippen LogP contribution in [0.4, 0.5) is 5.69 Å². The lowest BCUT2D eigenvalue weighted by Crippen LogP contribution is -2.34. The van der Waals surface area contributed by atoms with Crippen LogP contribution in [-0.4, -0.2) is 11.9 Å². The van der Waals surface area contributed by atoms with Crippen LogP contribution in [-0.2, 0) is 4.79 Å². The molecule has 3 N–H and O–H groups in total. The van der Waals surface area contributed by atoms with Crippen molar-refractivity contribution >= 4 is 47.2 Å². The van der Waals surface area contributed by atoms with E-state index >= 15 is 0 Å². The SMILES string of the molecule is Cl.NC1CCCC1C(=O)Nc1ccc(Cl)c(Cl)c1. The number of nitrogens with one attached hydrogen (secondary N) is 1. The number of rotatable bonds is 2. The number of halogens is 3. The Labute approximate surface area is 122 Å². The maximum atomic E-state index is 12.0. The molecule has 0 bridgehead atoms. The maximum Gasteiger partial charge on any atom is 0.229 e. The van der Waals surface area contributed by atoms with E-state index in [0.717, 1.165) is 19.3 Å². The summed E-state index contributed by atoms with van der Waals surface area (Å²) in [6.45, 7) is 0. The highest BCUT2D eigenvalue weighted by Gasteiger charge is 2.30. The number of carbonyl (C=O) groups is 1. The molecule has 18 heavy (non-hydrogen) atoms. The summed E-state index contributed by atoms with van der Waals surface area (Å²) in [7, 11) is 0. The molecule has 1 saturated carbocycles. The van der Waals surface area contributed by atoms with E-state index in [0.29, 0.717) is 15.7 Å². The summed E-state index contributed by atoms with van der Waals surface area (Å²) in [6.07, 6.45) is 2.79. The predicted molar refractivity (Wildman–Crippen MR) is 77.7 cm³/mol. The minimum absolute atomic E-state index is 0. The number of amides is 1. The first-order valence-electron chi connectivity index (χ1n) is 5.59. The first-order chi connectivity index (χ1) is 8.08. The van der Waals surface area contributed by atoms with Crippen LogP contribution in [0, 0.1) is 5.92 Å².